The molecule has 6 heteroatoms. The molecule has 1 N–H and O–H groups in total. The molecule has 2 rings (SSSR count). The first-order chi connectivity index (χ1) is 13.0. The first kappa shape index (κ1) is 20.8. The molecule has 1 amide bonds. The van der Waals surface area contributed by atoms with Crippen LogP contribution in [-0.4, -0.2) is 31.0 Å². The van der Waals surface area contributed by atoms with Crippen molar-refractivity contribution in [1.82, 2.24) is 4.90 Å². The number of rotatable bonds is 8. The molecule has 0 radical (unpaired) electrons. The van der Waals surface area contributed by atoms with Crippen molar-refractivity contribution in [2.24, 2.45) is 0 Å². The number of nitriles is 1. The zero-order valence-corrected chi connectivity index (χ0v) is 16.6. The molecule has 0 aliphatic carbocycles. The minimum atomic E-state index is -0.0907. The summed E-state index contributed by atoms with van der Waals surface area (Å²) in [5.41, 5.74) is 2.13. The number of methoxy groups -OCH3 is 1. The quantitative estimate of drug-likeness (QED) is 0.719. The van der Waals surface area contributed by atoms with Gasteiger partial charge in [-0.2, -0.15) is 5.26 Å². The van der Waals surface area contributed by atoms with Crippen molar-refractivity contribution in [3.8, 4) is 11.8 Å². The molecule has 27 heavy (non-hydrogen) atoms. The van der Waals surface area contributed by atoms with Gasteiger partial charge in [-0.15, -0.1) is 0 Å². The fraction of sp³-hybridized carbons (Fsp3) is 0.333. The van der Waals surface area contributed by atoms with Gasteiger partial charge >= 0.3 is 0 Å². The predicted octanol–water partition coefficient (Wildman–Crippen LogP) is 4.63. The molecular weight excluding hydrogens is 362 g/mol. The van der Waals surface area contributed by atoms with E-state index in [1.165, 1.54) is 0 Å². The SMILES string of the molecule is CCN(CCC(=O)Nc1ccc(C#N)c(Cl)c1)C(C)c1cccc(OC)c1. The molecule has 0 aliphatic heterocycles. The highest BCUT2D eigenvalue weighted by Gasteiger charge is 2.16. The fourth-order valence-corrected chi connectivity index (χ4v) is 3.11. The Labute approximate surface area is 165 Å². The van der Waals surface area contributed by atoms with Gasteiger partial charge in [0.1, 0.15) is 11.8 Å². The number of carbonyl (C=O) groups excluding carboxylic acids is 1. The second-order valence-corrected chi connectivity index (χ2v) is 6.59. The molecule has 142 valence electrons. The molecule has 0 aromatic heterocycles. The summed E-state index contributed by atoms with van der Waals surface area (Å²) in [5.74, 6) is 0.734. The third kappa shape index (κ3) is 5.72. The lowest BCUT2D eigenvalue weighted by atomic mass is 10.1. The number of amides is 1. The average Bonchev–Trinajstić information content (AvgIpc) is 2.68. The molecule has 0 saturated carbocycles. The van der Waals surface area contributed by atoms with Crippen molar-refractivity contribution in [3.63, 3.8) is 0 Å². The molecule has 2 aromatic carbocycles. The number of nitrogens with zero attached hydrogens (tertiary/aromatic N) is 2. The number of hydrogen-bond acceptors (Lipinski definition) is 4. The Kier molecular flexibility index (Phi) is 7.66. The number of ether oxygens (including phenoxy) is 1. The molecule has 0 spiro atoms. The summed E-state index contributed by atoms with van der Waals surface area (Å²) in [6.07, 6.45) is 0.361. The van der Waals surface area contributed by atoms with Crippen molar-refractivity contribution in [2.45, 2.75) is 26.3 Å². The number of benzene rings is 2. The fourth-order valence-electron chi connectivity index (χ4n) is 2.89. The van der Waals surface area contributed by atoms with Crippen LogP contribution in [-0.2, 0) is 4.79 Å². The summed E-state index contributed by atoms with van der Waals surface area (Å²) in [6.45, 7) is 5.66. The number of hydrogen-bond donors (Lipinski definition) is 1. The van der Waals surface area contributed by atoms with Crippen molar-refractivity contribution in [1.29, 1.82) is 5.26 Å². The maximum atomic E-state index is 12.3. The second kappa shape index (κ2) is 9.96. The Bertz CT molecular complexity index is 832. The number of halogens is 1. The Morgan fingerprint density at radius 2 is 2.11 bits per heavy atom. The Hall–Kier alpha value is -2.55. The van der Waals surface area contributed by atoms with Gasteiger partial charge in [0.2, 0.25) is 5.91 Å². The first-order valence-corrected chi connectivity index (χ1v) is 9.23. The van der Waals surface area contributed by atoms with Crippen molar-refractivity contribution >= 4 is 23.2 Å². The molecule has 5 nitrogen and oxygen atoms in total. The zero-order chi connectivity index (χ0) is 19.8. The Morgan fingerprint density at radius 3 is 2.74 bits per heavy atom. The van der Waals surface area contributed by atoms with Gasteiger partial charge in [0.05, 0.1) is 17.7 Å². The molecule has 2 aromatic rings. The smallest absolute Gasteiger partial charge is 0.225 e. The Balaban J connectivity index is 1.95. The molecule has 1 atom stereocenters. The molecule has 0 bridgehead atoms. The standard InChI is InChI=1S/C21H24ClN3O2/c1-4-25(15(2)16-6-5-7-19(12-16)27-3)11-10-21(26)24-18-9-8-17(14-23)20(22)13-18/h5-9,12-13,15H,4,10-11H2,1-3H3,(H,24,26). The van der Waals surface area contributed by atoms with Crippen LogP contribution in [0.1, 0.15) is 37.4 Å². The minimum Gasteiger partial charge on any atom is -0.497 e. The van der Waals surface area contributed by atoms with Crippen LogP contribution in [0.5, 0.6) is 5.75 Å². The van der Waals surface area contributed by atoms with E-state index in [0.29, 0.717) is 29.2 Å². The van der Waals surface area contributed by atoms with Gasteiger partial charge in [-0.05, 0) is 49.4 Å². The number of carbonyl (C=O) groups is 1. The maximum absolute atomic E-state index is 12.3. The van der Waals surface area contributed by atoms with Gasteiger partial charge in [0, 0.05) is 24.7 Å². The van der Waals surface area contributed by atoms with E-state index in [2.05, 4.69) is 30.1 Å². The van der Waals surface area contributed by atoms with E-state index in [1.807, 2.05) is 24.3 Å². The van der Waals surface area contributed by atoms with Crippen LogP contribution in [0.15, 0.2) is 42.5 Å². The van der Waals surface area contributed by atoms with Crippen LogP contribution in [0, 0.1) is 11.3 Å². The normalized spacial score (nSPS) is 11.7. The second-order valence-electron chi connectivity index (χ2n) is 6.19. The van der Waals surface area contributed by atoms with Crippen LogP contribution in [0.3, 0.4) is 0 Å². The van der Waals surface area contributed by atoms with Crippen LogP contribution < -0.4 is 10.1 Å². The molecule has 0 saturated heterocycles. The number of anilines is 1. The van der Waals surface area contributed by atoms with Gasteiger partial charge in [0.15, 0.2) is 0 Å². The third-order valence-electron chi connectivity index (χ3n) is 4.53. The summed E-state index contributed by atoms with van der Waals surface area (Å²) in [7, 11) is 1.65. The summed E-state index contributed by atoms with van der Waals surface area (Å²) >= 11 is 6.00. The summed E-state index contributed by atoms with van der Waals surface area (Å²) < 4.78 is 5.30. The van der Waals surface area contributed by atoms with Gasteiger partial charge < -0.3 is 10.1 Å². The van der Waals surface area contributed by atoms with Crippen molar-refractivity contribution in [3.05, 3.63) is 58.6 Å². The topological polar surface area (TPSA) is 65.4 Å². The van der Waals surface area contributed by atoms with Crippen molar-refractivity contribution < 1.29 is 9.53 Å². The lowest BCUT2D eigenvalue weighted by Gasteiger charge is -2.28. The Morgan fingerprint density at radius 1 is 1.33 bits per heavy atom. The van der Waals surface area contributed by atoms with Crippen LogP contribution in [0.25, 0.3) is 0 Å². The van der Waals surface area contributed by atoms with Gasteiger partial charge in [-0.3, -0.25) is 9.69 Å². The van der Waals surface area contributed by atoms with Crippen LogP contribution in [0.4, 0.5) is 5.69 Å². The molecular formula is C21H24ClN3O2. The van der Waals surface area contributed by atoms with E-state index >= 15 is 0 Å². The minimum absolute atomic E-state index is 0.0907. The molecule has 0 aliphatic rings. The van der Waals surface area contributed by atoms with E-state index in [-0.39, 0.29) is 11.9 Å². The van der Waals surface area contributed by atoms with Crippen molar-refractivity contribution in [2.75, 3.05) is 25.5 Å². The van der Waals surface area contributed by atoms with Gasteiger partial charge in [-0.1, -0.05) is 30.7 Å². The average molecular weight is 386 g/mol. The third-order valence-corrected chi connectivity index (χ3v) is 4.84. The van der Waals surface area contributed by atoms with E-state index in [0.717, 1.165) is 17.9 Å². The molecule has 0 fully saturated rings. The maximum Gasteiger partial charge on any atom is 0.225 e. The number of nitrogens with one attached hydrogen (secondary N) is 1. The lowest BCUT2D eigenvalue weighted by molar-refractivity contribution is -0.116. The van der Waals surface area contributed by atoms with E-state index in [9.17, 15) is 4.79 Å². The molecule has 0 heterocycles. The van der Waals surface area contributed by atoms with Gasteiger partial charge in [-0.25, -0.2) is 0 Å². The van der Waals surface area contributed by atoms with Crippen LogP contribution in [0.2, 0.25) is 5.02 Å². The summed E-state index contributed by atoms with van der Waals surface area (Å²) in [4.78, 5) is 14.5. The van der Waals surface area contributed by atoms with E-state index in [4.69, 9.17) is 21.6 Å². The highest BCUT2D eigenvalue weighted by Crippen LogP contribution is 2.24. The molecule has 1 unspecified atom stereocenters. The first-order valence-electron chi connectivity index (χ1n) is 8.86. The summed E-state index contributed by atoms with van der Waals surface area (Å²) in [6, 6.07) is 15.0. The monoisotopic (exact) mass is 385 g/mol. The highest BCUT2D eigenvalue weighted by atomic mass is 35.5. The van der Waals surface area contributed by atoms with E-state index in [1.54, 1.807) is 25.3 Å². The van der Waals surface area contributed by atoms with E-state index < -0.39 is 0 Å². The predicted molar refractivity (Wildman–Crippen MR) is 108 cm³/mol. The largest absolute Gasteiger partial charge is 0.497 e. The lowest BCUT2D eigenvalue weighted by Crippen LogP contribution is -2.30. The zero-order valence-electron chi connectivity index (χ0n) is 15.8. The summed E-state index contributed by atoms with van der Waals surface area (Å²) in [5, 5.41) is 12.1. The van der Waals surface area contributed by atoms with Gasteiger partial charge in [0.25, 0.3) is 0 Å². The van der Waals surface area contributed by atoms with Crippen LogP contribution >= 0.6 is 11.6 Å². The highest BCUT2D eigenvalue weighted by molar-refractivity contribution is 6.32.